The van der Waals surface area contributed by atoms with Gasteiger partial charge in [-0.25, -0.2) is 0 Å². The fraction of sp³-hybridized carbons (Fsp3) is 1.00. The highest BCUT2D eigenvalue weighted by Crippen LogP contribution is 2.71. The fourth-order valence-electron chi connectivity index (χ4n) is 6.60. The lowest BCUT2D eigenvalue weighted by atomic mass is 9.70. The van der Waals surface area contributed by atoms with Gasteiger partial charge in [-0.1, -0.05) is 54.4 Å². The Bertz CT molecular complexity index is 492. The minimum Gasteiger partial charge on any atom is -0.352 e. The summed E-state index contributed by atoms with van der Waals surface area (Å²) >= 11 is 0. The van der Waals surface area contributed by atoms with Crippen molar-refractivity contribution >= 4 is 0 Å². The van der Waals surface area contributed by atoms with E-state index in [0.29, 0.717) is 40.9 Å². The summed E-state index contributed by atoms with van der Waals surface area (Å²) < 4.78 is 7.00. The van der Waals surface area contributed by atoms with Gasteiger partial charge in [0.15, 0.2) is 0 Å². The maximum Gasteiger partial charge on any atom is 0.149 e. The van der Waals surface area contributed by atoms with Gasteiger partial charge in [0.2, 0.25) is 0 Å². The first-order chi connectivity index (χ1) is 10.8. The molecule has 2 saturated carbocycles. The number of ether oxygens (including phenoxy) is 1. The predicted octanol–water partition coefficient (Wildman–Crippen LogP) is 4.76. The van der Waals surface area contributed by atoms with Gasteiger partial charge in [0.25, 0.3) is 0 Å². The standard InChI is InChI=1S/C20H35NO2/c1-7-9-15-13(3)20(11-8-2)21(23-15)16-14-10-12-19(6,17(16)22-20)18(14,4)5/h13-17H,7-12H2,1-6H3/t13-,14+,15-,16+,17+,19-,20-/m0/s1. The Morgan fingerprint density at radius 2 is 1.87 bits per heavy atom. The topological polar surface area (TPSA) is 21.7 Å². The molecular formula is C20H35NO2. The van der Waals surface area contributed by atoms with Gasteiger partial charge < -0.3 is 4.74 Å². The Hall–Kier alpha value is -0.120. The summed E-state index contributed by atoms with van der Waals surface area (Å²) in [5.74, 6) is 1.18. The van der Waals surface area contributed by atoms with Crippen LogP contribution in [0.25, 0.3) is 0 Å². The third-order valence-corrected chi connectivity index (χ3v) is 8.40. The van der Waals surface area contributed by atoms with Crippen molar-refractivity contribution in [1.29, 1.82) is 0 Å². The fourth-order valence-corrected chi connectivity index (χ4v) is 6.60. The van der Waals surface area contributed by atoms with Crippen LogP contribution >= 0.6 is 0 Å². The van der Waals surface area contributed by atoms with E-state index in [0.717, 1.165) is 19.3 Å². The first kappa shape index (κ1) is 16.4. The average molecular weight is 322 g/mol. The molecule has 4 aliphatic rings. The lowest BCUT2D eigenvalue weighted by Crippen LogP contribution is -2.48. The Labute approximate surface area is 142 Å². The van der Waals surface area contributed by atoms with Gasteiger partial charge in [-0.15, -0.1) is 0 Å². The molecule has 0 N–H and O–H groups in total. The molecule has 0 spiro atoms. The van der Waals surface area contributed by atoms with E-state index in [2.05, 4.69) is 46.6 Å². The van der Waals surface area contributed by atoms with Gasteiger partial charge in [0.05, 0.1) is 18.2 Å². The van der Waals surface area contributed by atoms with Crippen molar-refractivity contribution < 1.29 is 9.57 Å². The van der Waals surface area contributed by atoms with E-state index in [1.165, 1.54) is 19.3 Å². The lowest BCUT2D eigenvalue weighted by Gasteiger charge is -2.41. The summed E-state index contributed by atoms with van der Waals surface area (Å²) in [6.45, 7) is 14.3. The van der Waals surface area contributed by atoms with E-state index >= 15 is 0 Å². The second-order valence-electron chi connectivity index (χ2n) is 9.46. The SMILES string of the molecule is CCC[C@@H]1ON2[C@@H]3[C@H]4CC[C@@](C)([C@@H]3O[C@@]2(CCC)[C@H]1C)C4(C)C. The zero-order valence-corrected chi connectivity index (χ0v) is 15.9. The van der Waals surface area contributed by atoms with Crippen molar-refractivity contribution in [3.63, 3.8) is 0 Å². The molecule has 7 atom stereocenters. The molecule has 0 aromatic heterocycles. The predicted molar refractivity (Wildman–Crippen MR) is 91.7 cm³/mol. The Balaban J connectivity index is 1.72. The van der Waals surface area contributed by atoms with Crippen LogP contribution in [-0.2, 0) is 9.57 Å². The number of hydrogen-bond donors (Lipinski definition) is 0. The summed E-state index contributed by atoms with van der Waals surface area (Å²) in [5, 5.41) is 2.39. The molecule has 3 nitrogen and oxygen atoms in total. The maximum absolute atomic E-state index is 7.00. The van der Waals surface area contributed by atoms with Crippen LogP contribution in [0, 0.1) is 22.7 Å². The van der Waals surface area contributed by atoms with E-state index in [1.54, 1.807) is 0 Å². The Morgan fingerprint density at radius 3 is 2.52 bits per heavy atom. The molecule has 0 radical (unpaired) electrons. The third kappa shape index (κ3) is 1.72. The molecule has 2 aliphatic heterocycles. The van der Waals surface area contributed by atoms with Crippen LogP contribution in [0.1, 0.15) is 80.1 Å². The van der Waals surface area contributed by atoms with Gasteiger partial charge in [-0.2, -0.15) is 5.06 Å². The number of fused-ring (bicyclic) bond motifs is 7. The van der Waals surface area contributed by atoms with Crippen LogP contribution in [0.2, 0.25) is 0 Å². The largest absolute Gasteiger partial charge is 0.352 e. The molecule has 2 aliphatic carbocycles. The summed E-state index contributed by atoms with van der Waals surface area (Å²) in [4.78, 5) is 6.61. The lowest BCUT2D eigenvalue weighted by molar-refractivity contribution is -0.243. The number of rotatable bonds is 4. The molecule has 2 saturated heterocycles. The molecule has 3 heteroatoms. The second-order valence-corrected chi connectivity index (χ2v) is 9.46. The van der Waals surface area contributed by atoms with E-state index in [9.17, 15) is 0 Å². The van der Waals surface area contributed by atoms with Crippen LogP contribution in [0.4, 0.5) is 0 Å². The van der Waals surface area contributed by atoms with Crippen LogP contribution < -0.4 is 0 Å². The Morgan fingerprint density at radius 1 is 1.13 bits per heavy atom. The summed E-state index contributed by atoms with van der Waals surface area (Å²) in [7, 11) is 0. The van der Waals surface area contributed by atoms with Gasteiger partial charge in [-0.05, 0) is 37.0 Å². The number of hydroxylamine groups is 2. The zero-order valence-electron chi connectivity index (χ0n) is 15.9. The van der Waals surface area contributed by atoms with Gasteiger partial charge in [0, 0.05) is 11.3 Å². The van der Waals surface area contributed by atoms with Gasteiger partial charge in [-0.3, -0.25) is 4.84 Å². The van der Waals surface area contributed by atoms with E-state index in [4.69, 9.17) is 9.57 Å². The maximum atomic E-state index is 7.00. The third-order valence-electron chi connectivity index (χ3n) is 8.40. The van der Waals surface area contributed by atoms with Gasteiger partial charge in [0.1, 0.15) is 5.72 Å². The summed E-state index contributed by atoms with van der Waals surface area (Å²) in [6, 6.07) is 0.472. The molecule has 4 rings (SSSR count). The minimum absolute atomic E-state index is 0.162. The molecule has 132 valence electrons. The molecule has 2 heterocycles. The highest BCUT2D eigenvalue weighted by Gasteiger charge is 2.76. The first-order valence-electron chi connectivity index (χ1n) is 9.97. The monoisotopic (exact) mass is 321 g/mol. The molecule has 0 aromatic rings. The number of hydrogen-bond acceptors (Lipinski definition) is 3. The van der Waals surface area contributed by atoms with E-state index in [1.807, 2.05) is 0 Å². The van der Waals surface area contributed by atoms with Crippen LogP contribution in [0.15, 0.2) is 0 Å². The summed E-state index contributed by atoms with van der Waals surface area (Å²) in [5.41, 5.74) is 0.497. The van der Waals surface area contributed by atoms with Crippen LogP contribution in [0.5, 0.6) is 0 Å². The van der Waals surface area contributed by atoms with Crippen LogP contribution in [-0.4, -0.2) is 29.0 Å². The van der Waals surface area contributed by atoms with Crippen molar-refractivity contribution in [2.24, 2.45) is 22.7 Å². The van der Waals surface area contributed by atoms with Crippen molar-refractivity contribution in [3.8, 4) is 0 Å². The van der Waals surface area contributed by atoms with Crippen molar-refractivity contribution in [2.45, 2.75) is 104 Å². The summed E-state index contributed by atoms with van der Waals surface area (Å²) in [6.07, 6.45) is 7.94. The smallest absolute Gasteiger partial charge is 0.149 e. The molecule has 4 fully saturated rings. The molecular weight excluding hydrogens is 286 g/mol. The molecule has 0 amide bonds. The normalized spacial score (nSPS) is 53.7. The van der Waals surface area contributed by atoms with Crippen LogP contribution in [0.3, 0.4) is 0 Å². The quantitative estimate of drug-likeness (QED) is 0.745. The zero-order chi connectivity index (χ0) is 16.6. The highest BCUT2D eigenvalue weighted by molar-refractivity contribution is 5.22. The van der Waals surface area contributed by atoms with Crippen molar-refractivity contribution in [2.75, 3.05) is 0 Å². The van der Waals surface area contributed by atoms with E-state index < -0.39 is 0 Å². The average Bonchev–Trinajstić information content (AvgIpc) is 3.07. The van der Waals surface area contributed by atoms with E-state index in [-0.39, 0.29) is 5.72 Å². The van der Waals surface area contributed by atoms with Crippen molar-refractivity contribution in [1.82, 2.24) is 5.06 Å². The molecule has 2 bridgehead atoms. The highest BCUT2D eigenvalue weighted by atomic mass is 16.8. The van der Waals surface area contributed by atoms with Crippen molar-refractivity contribution in [3.05, 3.63) is 0 Å². The molecule has 23 heavy (non-hydrogen) atoms. The molecule has 0 unspecified atom stereocenters. The Kier molecular flexibility index (Phi) is 3.52. The first-order valence-corrected chi connectivity index (χ1v) is 9.97. The molecule has 0 aromatic carbocycles. The van der Waals surface area contributed by atoms with Gasteiger partial charge >= 0.3 is 0 Å². The number of nitrogens with zero attached hydrogens (tertiary/aromatic N) is 1. The minimum atomic E-state index is -0.162. The second kappa shape index (κ2) is 4.95.